The summed E-state index contributed by atoms with van der Waals surface area (Å²) < 4.78 is 42.1. The molecule has 4 aromatic rings. The molecule has 0 heterocycles. The SMILES string of the molecule is C[C@@H]1C(OCc2ccccc2)[C@H](OCc2ccccc2)C(OCc2ccccc2)C(OCc2ccccc2)[C@H]1[18F]. The van der Waals surface area contributed by atoms with Crippen LogP contribution in [0.25, 0.3) is 0 Å². The third-order valence-corrected chi connectivity index (χ3v) is 7.45. The maximum absolute atomic E-state index is 16.3. The molecule has 0 aromatic heterocycles. The minimum atomic E-state index is -1.30. The number of benzene rings is 4. The van der Waals surface area contributed by atoms with Gasteiger partial charge in [0.1, 0.15) is 24.5 Å². The van der Waals surface area contributed by atoms with E-state index >= 15 is 4.39 Å². The lowest BCUT2D eigenvalue weighted by atomic mass is 9.79. The summed E-state index contributed by atoms with van der Waals surface area (Å²) in [5.74, 6) is -0.471. The molecule has 3 unspecified atom stereocenters. The number of rotatable bonds is 12. The smallest absolute Gasteiger partial charge is 0.134 e. The normalized spacial score (nSPS) is 24.6. The highest BCUT2D eigenvalue weighted by Gasteiger charge is 2.52. The summed E-state index contributed by atoms with van der Waals surface area (Å²) >= 11 is 0. The number of hydrogen-bond acceptors (Lipinski definition) is 4. The maximum atomic E-state index is 16.3. The predicted molar refractivity (Wildman–Crippen MR) is 154 cm³/mol. The van der Waals surface area contributed by atoms with Crippen molar-refractivity contribution in [3.63, 3.8) is 0 Å². The van der Waals surface area contributed by atoms with E-state index in [9.17, 15) is 0 Å². The van der Waals surface area contributed by atoms with Crippen LogP contribution in [-0.2, 0) is 45.4 Å². The molecule has 5 heteroatoms. The zero-order valence-electron chi connectivity index (χ0n) is 22.9. The summed E-state index contributed by atoms with van der Waals surface area (Å²) in [5, 5.41) is 0. The summed E-state index contributed by atoms with van der Waals surface area (Å²) in [4.78, 5) is 0. The van der Waals surface area contributed by atoms with Gasteiger partial charge in [-0.05, 0) is 22.3 Å². The van der Waals surface area contributed by atoms with Crippen molar-refractivity contribution in [3.05, 3.63) is 144 Å². The monoisotopic (exact) mass is 539 g/mol. The van der Waals surface area contributed by atoms with Crippen LogP contribution in [0, 0.1) is 5.92 Å². The Labute approximate surface area is 236 Å². The fraction of sp³-hybridized carbons (Fsp3) is 0.314. The van der Waals surface area contributed by atoms with Crippen LogP contribution >= 0.6 is 0 Å². The van der Waals surface area contributed by atoms with Crippen molar-refractivity contribution >= 4 is 0 Å². The molecule has 40 heavy (non-hydrogen) atoms. The average molecular weight is 540 g/mol. The first-order valence-electron chi connectivity index (χ1n) is 14.0. The minimum absolute atomic E-state index is 0.283. The Hall–Kier alpha value is -3.35. The van der Waals surface area contributed by atoms with Gasteiger partial charge in [-0.3, -0.25) is 0 Å². The largest absolute Gasteiger partial charge is 0.370 e. The van der Waals surface area contributed by atoms with Gasteiger partial charge in [0.25, 0.3) is 0 Å². The first-order chi connectivity index (χ1) is 19.7. The number of hydrogen-bond donors (Lipinski definition) is 0. The van der Waals surface area contributed by atoms with E-state index in [4.69, 9.17) is 18.9 Å². The molecule has 4 aromatic carbocycles. The lowest BCUT2D eigenvalue weighted by Crippen LogP contribution is -2.62. The molecule has 1 saturated carbocycles. The second-order valence-electron chi connectivity index (χ2n) is 10.3. The van der Waals surface area contributed by atoms with Crippen molar-refractivity contribution in [2.45, 2.75) is 63.9 Å². The summed E-state index contributed by atoms with van der Waals surface area (Å²) in [7, 11) is 0. The zero-order valence-corrected chi connectivity index (χ0v) is 22.9. The Morgan fingerprint density at radius 3 is 1.05 bits per heavy atom. The second-order valence-corrected chi connectivity index (χ2v) is 10.3. The maximum Gasteiger partial charge on any atom is 0.134 e. The van der Waals surface area contributed by atoms with E-state index in [2.05, 4.69) is 0 Å². The zero-order chi connectivity index (χ0) is 27.6. The van der Waals surface area contributed by atoms with Gasteiger partial charge < -0.3 is 18.9 Å². The summed E-state index contributed by atoms with van der Waals surface area (Å²) in [6.07, 6.45) is -3.88. The van der Waals surface area contributed by atoms with Crippen LogP contribution in [0.15, 0.2) is 121 Å². The highest BCUT2D eigenvalue weighted by atomic mass is 18.2. The van der Waals surface area contributed by atoms with Crippen LogP contribution in [0.5, 0.6) is 0 Å². The Bertz CT molecular complexity index is 1150. The molecule has 0 N–H and O–H groups in total. The molecule has 1 fully saturated rings. The molecule has 1 aliphatic carbocycles. The standard InChI is InChI=1S/C35H37FO4/c1-26-31(36)33(38-23-28-16-8-3-9-17-28)35(40-25-30-20-12-5-13-21-30)34(39-24-29-18-10-4-11-19-29)32(26)37-22-27-14-6-2-7-15-27/h2-21,26,31-35H,22-25H2,1H3/t26-,31-,32?,33?,34-,35?/m0/s1/i36-1. The van der Waals surface area contributed by atoms with Gasteiger partial charge in [0.2, 0.25) is 0 Å². The number of alkyl halides is 1. The van der Waals surface area contributed by atoms with Gasteiger partial charge in [-0.2, -0.15) is 0 Å². The third kappa shape index (κ3) is 7.43. The molecular weight excluding hydrogens is 502 g/mol. The van der Waals surface area contributed by atoms with Crippen LogP contribution in [-0.4, -0.2) is 30.6 Å². The predicted octanol–water partition coefficient (Wildman–Crippen LogP) is 7.32. The molecule has 0 saturated heterocycles. The fourth-order valence-electron chi connectivity index (χ4n) is 5.21. The molecule has 208 valence electrons. The summed E-state index contributed by atoms with van der Waals surface area (Å²) in [6.45, 7) is 3.19. The van der Waals surface area contributed by atoms with Crippen LogP contribution in [0.3, 0.4) is 0 Å². The van der Waals surface area contributed by atoms with Gasteiger partial charge in [0, 0.05) is 5.92 Å². The fourth-order valence-corrected chi connectivity index (χ4v) is 5.21. The molecule has 1 aliphatic rings. The third-order valence-electron chi connectivity index (χ3n) is 7.45. The first kappa shape index (κ1) is 28.2. The molecule has 5 rings (SSSR count). The van der Waals surface area contributed by atoms with Crippen LogP contribution < -0.4 is 0 Å². The summed E-state index contributed by atoms with van der Waals surface area (Å²) in [6, 6.07) is 39.7. The molecule has 6 atom stereocenters. The lowest BCUT2D eigenvalue weighted by Gasteiger charge is -2.47. The van der Waals surface area contributed by atoms with E-state index in [-0.39, 0.29) is 6.61 Å². The molecule has 0 amide bonds. The van der Waals surface area contributed by atoms with Gasteiger partial charge in [0.05, 0.1) is 32.5 Å². The average Bonchev–Trinajstić information content (AvgIpc) is 3.01. The number of halogens is 1. The Balaban J connectivity index is 1.42. The van der Waals surface area contributed by atoms with Gasteiger partial charge in [-0.15, -0.1) is 0 Å². The highest BCUT2D eigenvalue weighted by molar-refractivity contribution is 5.17. The summed E-state index contributed by atoms with van der Waals surface area (Å²) in [5.41, 5.74) is 4.04. The Morgan fingerprint density at radius 2 is 0.700 bits per heavy atom. The van der Waals surface area contributed by atoms with Gasteiger partial charge in [-0.1, -0.05) is 128 Å². The van der Waals surface area contributed by atoms with Crippen molar-refractivity contribution < 1.29 is 23.3 Å². The van der Waals surface area contributed by atoms with Crippen molar-refractivity contribution in [2.75, 3.05) is 0 Å². The quantitative estimate of drug-likeness (QED) is 0.189. The lowest BCUT2D eigenvalue weighted by molar-refractivity contribution is -0.247. The van der Waals surface area contributed by atoms with Gasteiger partial charge in [0.15, 0.2) is 0 Å². The molecule has 0 spiro atoms. The van der Waals surface area contributed by atoms with Crippen molar-refractivity contribution in [1.82, 2.24) is 0 Å². The topological polar surface area (TPSA) is 36.9 Å². The minimum Gasteiger partial charge on any atom is -0.370 e. The van der Waals surface area contributed by atoms with E-state index in [0.29, 0.717) is 19.8 Å². The second kappa shape index (κ2) is 14.3. The molecule has 4 nitrogen and oxygen atoms in total. The van der Waals surface area contributed by atoms with E-state index in [1.807, 2.05) is 128 Å². The van der Waals surface area contributed by atoms with E-state index < -0.39 is 36.5 Å². The van der Waals surface area contributed by atoms with E-state index in [0.717, 1.165) is 22.3 Å². The van der Waals surface area contributed by atoms with Gasteiger partial charge >= 0.3 is 0 Å². The Kier molecular flexibility index (Phi) is 10.1. The van der Waals surface area contributed by atoms with Crippen molar-refractivity contribution in [1.29, 1.82) is 0 Å². The van der Waals surface area contributed by atoms with Gasteiger partial charge in [-0.25, -0.2) is 4.39 Å². The van der Waals surface area contributed by atoms with Crippen molar-refractivity contribution in [3.8, 4) is 0 Å². The van der Waals surface area contributed by atoms with Crippen LogP contribution in [0.1, 0.15) is 29.2 Å². The van der Waals surface area contributed by atoms with E-state index in [1.165, 1.54) is 0 Å². The molecule has 0 radical (unpaired) electrons. The Morgan fingerprint density at radius 1 is 0.425 bits per heavy atom. The van der Waals surface area contributed by atoms with Crippen LogP contribution in [0.2, 0.25) is 0 Å². The highest BCUT2D eigenvalue weighted by Crippen LogP contribution is 2.37. The number of ether oxygens (including phenoxy) is 4. The van der Waals surface area contributed by atoms with E-state index in [1.54, 1.807) is 0 Å². The molecular formula is C35H37FO4. The first-order valence-corrected chi connectivity index (χ1v) is 14.0. The molecule has 0 bridgehead atoms. The van der Waals surface area contributed by atoms with Crippen molar-refractivity contribution in [2.24, 2.45) is 5.92 Å². The van der Waals surface area contributed by atoms with Crippen LogP contribution in [0.4, 0.5) is 4.39 Å². The molecule has 0 aliphatic heterocycles.